The first-order valence-electron chi connectivity index (χ1n) is 4.97. The van der Waals surface area contributed by atoms with Crippen molar-refractivity contribution in [1.82, 2.24) is 9.78 Å². The number of nitrogens with zero attached hydrogens (tertiary/aromatic N) is 2. The molecule has 14 heavy (non-hydrogen) atoms. The molecule has 1 atom stereocenters. The molecule has 1 heterocycles. The molecule has 1 aliphatic rings. The molecule has 1 fully saturated rings. The Hall–Kier alpha value is -0.540. The van der Waals surface area contributed by atoms with Crippen LogP contribution in [-0.4, -0.2) is 16.3 Å². The van der Waals surface area contributed by atoms with Gasteiger partial charge >= 0.3 is 0 Å². The van der Waals surface area contributed by atoms with E-state index in [-0.39, 0.29) is 5.41 Å². The number of hydrogen-bond acceptors (Lipinski definition) is 2. The molecule has 0 spiro atoms. The summed E-state index contributed by atoms with van der Waals surface area (Å²) < 4.78 is 1.85. The molecular formula is C10H16ClN3. The number of halogens is 1. The first-order valence-corrected chi connectivity index (χ1v) is 5.35. The summed E-state index contributed by atoms with van der Waals surface area (Å²) >= 11 is 6.14. The van der Waals surface area contributed by atoms with E-state index in [4.69, 9.17) is 17.3 Å². The van der Waals surface area contributed by atoms with Gasteiger partial charge in [0.25, 0.3) is 0 Å². The largest absolute Gasteiger partial charge is 0.330 e. The highest BCUT2D eigenvalue weighted by molar-refractivity contribution is 6.31. The summed E-state index contributed by atoms with van der Waals surface area (Å²) in [5.41, 5.74) is 6.97. The molecule has 2 N–H and O–H groups in total. The van der Waals surface area contributed by atoms with E-state index in [9.17, 15) is 0 Å². The average Bonchev–Trinajstić information content (AvgIpc) is 2.94. The Balaban J connectivity index is 2.44. The first kappa shape index (κ1) is 9.99. The third-order valence-electron chi connectivity index (χ3n) is 3.34. The maximum Gasteiger partial charge on any atom is 0.0823 e. The van der Waals surface area contributed by atoms with Crippen LogP contribution in [0.1, 0.15) is 25.5 Å². The van der Waals surface area contributed by atoms with Gasteiger partial charge in [-0.05, 0) is 18.8 Å². The van der Waals surface area contributed by atoms with Crippen molar-refractivity contribution in [2.75, 3.05) is 6.54 Å². The molecule has 0 aliphatic heterocycles. The van der Waals surface area contributed by atoms with Crippen LogP contribution in [0.25, 0.3) is 0 Å². The van der Waals surface area contributed by atoms with Gasteiger partial charge in [-0.25, -0.2) is 0 Å². The summed E-state index contributed by atoms with van der Waals surface area (Å²) in [6.07, 6.45) is 4.22. The van der Waals surface area contributed by atoms with Crippen molar-refractivity contribution in [3.8, 4) is 0 Å². The maximum atomic E-state index is 6.14. The van der Waals surface area contributed by atoms with Gasteiger partial charge in [-0.1, -0.05) is 18.5 Å². The smallest absolute Gasteiger partial charge is 0.0823 e. The Morgan fingerprint density at radius 3 is 2.71 bits per heavy atom. The summed E-state index contributed by atoms with van der Waals surface area (Å²) in [6.45, 7) is 2.82. The minimum Gasteiger partial charge on any atom is -0.330 e. The van der Waals surface area contributed by atoms with Gasteiger partial charge in [0.1, 0.15) is 0 Å². The topological polar surface area (TPSA) is 43.8 Å². The van der Waals surface area contributed by atoms with E-state index >= 15 is 0 Å². The monoisotopic (exact) mass is 213 g/mol. The quantitative estimate of drug-likeness (QED) is 0.831. The molecular weight excluding hydrogens is 198 g/mol. The Morgan fingerprint density at radius 1 is 1.71 bits per heavy atom. The lowest BCUT2D eigenvalue weighted by Crippen LogP contribution is -2.36. The molecule has 1 unspecified atom stereocenters. The Kier molecular flexibility index (Phi) is 2.32. The highest BCUT2D eigenvalue weighted by Crippen LogP contribution is 2.48. The lowest BCUT2D eigenvalue weighted by molar-refractivity contribution is 0.390. The van der Waals surface area contributed by atoms with Gasteiger partial charge < -0.3 is 5.73 Å². The molecule has 0 radical (unpaired) electrons. The van der Waals surface area contributed by atoms with Crippen molar-refractivity contribution in [2.24, 2.45) is 18.7 Å². The standard InChI is InChI=1S/C10H16ClN3/c1-10(6-12,7-3-4-7)9-8(11)5-13-14(9)2/h5,7H,3-4,6,12H2,1-2H3. The van der Waals surface area contributed by atoms with Gasteiger partial charge in [0, 0.05) is 19.0 Å². The van der Waals surface area contributed by atoms with E-state index in [0.717, 1.165) is 10.7 Å². The summed E-state index contributed by atoms with van der Waals surface area (Å²) in [7, 11) is 1.93. The van der Waals surface area contributed by atoms with Gasteiger partial charge in [0.15, 0.2) is 0 Å². The molecule has 0 saturated heterocycles. The molecule has 2 rings (SSSR count). The van der Waals surface area contributed by atoms with Gasteiger partial charge in [-0.15, -0.1) is 0 Å². The van der Waals surface area contributed by atoms with Gasteiger partial charge in [0.2, 0.25) is 0 Å². The third kappa shape index (κ3) is 1.35. The second-order valence-corrected chi connectivity index (χ2v) is 4.77. The molecule has 3 nitrogen and oxygen atoms in total. The number of hydrogen-bond donors (Lipinski definition) is 1. The minimum absolute atomic E-state index is 0.00231. The fraction of sp³-hybridized carbons (Fsp3) is 0.700. The first-order chi connectivity index (χ1) is 6.59. The lowest BCUT2D eigenvalue weighted by Gasteiger charge is -2.28. The molecule has 4 heteroatoms. The summed E-state index contributed by atoms with van der Waals surface area (Å²) in [5.74, 6) is 0.681. The zero-order valence-electron chi connectivity index (χ0n) is 8.63. The van der Waals surface area contributed by atoms with E-state index in [2.05, 4.69) is 12.0 Å². The van der Waals surface area contributed by atoms with Crippen LogP contribution in [0.3, 0.4) is 0 Å². The number of nitrogens with two attached hydrogens (primary N) is 1. The molecule has 1 aromatic heterocycles. The zero-order chi connectivity index (χ0) is 10.3. The van der Waals surface area contributed by atoms with Gasteiger partial charge in [0.05, 0.1) is 16.9 Å². The van der Waals surface area contributed by atoms with Crippen LogP contribution < -0.4 is 5.73 Å². The van der Waals surface area contributed by atoms with Crippen molar-refractivity contribution < 1.29 is 0 Å². The van der Waals surface area contributed by atoms with Crippen LogP contribution in [0.15, 0.2) is 6.20 Å². The van der Waals surface area contributed by atoms with Gasteiger partial charge in [-0.3, -0.25) is 4.68 Å². The third-order valence-corrected chi connectivity index (χ3v) is 3.61. The van der Waals surface area contributed by atoms with E-state index in [1.54, 1.807) is 6.20 Å². The van der Waals surface area contributed by atoms with Crippen molar-refractivity contribution in [3.05, 3.63) is 16.9 Å². The number of rotatable bonds is 3. The number of aromatic nitrogens is 2. The predicted octanol–water partition coefficient (Wildman–Crippen LogP) is 1.70. The predicted molar refractivity (Wildman–Crippen MR) is 57.3 cm³/mol. The Labute approximate surface area is 89.2 Å². The van der Waals surface area contributed by atoms with Gasteiger partial charge in [-0.2, -0.15) is 5.10 Å². The van der Waals surface area contributed by atoms with Crippen LogP contribution in [0.4, 0.5) is 0 Å². The van der Waals surface area contributed by atoms with E-state index in [0.29, 0.717) is 12.5 Å². The van der Waals surface area contributed by atoms with Crippen LogP contribution >= 0.6 is 11.6 Å². The average molecular weight is 214 g/mol. The van der Waals surface area contributed by atoms with Crippen LogP contribution in [0.5, 0.6) is 0 Å². The van der Waals surface area contributed by atoms with Crippen molar-refractivity contribution in [2.45, 2.75) is 25.2 Å². The van der Waals surface area contributed by atoms with Crippen LogP contribution in [0.2, 0.25) is 5.02 Å². The maximum absolute atomic E-state index is 6.14. The fourth-order valence-electron chi connectivity index (χ4n) is 2.23. The van der Waals surface area contributed by atoms with Crippen LogP contribution in [-0.2, 0) is 12.5 Å². The molecule has 0 amide bonds. The van der Waals surface area contributed by atoms with E-state index < -0.39 is 0 Å². The normalized spacial score (nSPS) is 20.9. The molecule has 1 aromatic rings. The van der Waals surface area contributed by atoms with E-state index in [1.807, 2.05) is 11.7 Å². The summed E-state index contributed by atoms with van der Waals surface area (Å²) in [6, 6.07) is 0. The second kappa shape index (κ2) is 3.24. The zero-order valence-corrected chi connectivity index (χ0v) is 9.38. The molecule has 1 saturated carbocycles. The molecule has 0 bridgehead atoms. The molecule has 0 aromatic carbocycles. The molecule has 78 valence electrons. The number of aryl methyl sites for hydroxylation is 1. The minimum atomic E-state index is 0.00231. The molecule has 1 aliphatic carbocycles. The second-order valence-electron chi connectivity index (χ2n) is 4.36. The highest BCUT2D eigenvalue weighted by atomic mass is 35.5. The summed E-state index contributed by atoms with van der Waals surface area (Å²) in [5, 5.41) is 4.91. The van der Waals surface area contributed by atoms with E-state index in [1.165, 1.54) is 12.8 Å². The highest BCUT2D eigenvalue weighted by Gasteiger charge is 2.44. The van der Waals surface area contributed by atoms with Crippen molar-refractivity contribution >= 4 is 11.6 Å². The summed E-state index contributed by atoms with van der Waals surface area (Å²) in [4.78, 5) is 0. The Morgan fingerprint density at radius 2 is 2.36 bits per heavy atom. The van der Waals surface area contributed by atoms with Crippen molar-refractivity contribution in [3.63, 3.8) is 0 Å². The van der Waals surface area contributed by atoms with Crippen LogP contribution in [0, 0.1) is 5.92 Å². The fourth-order valence-corrected chi connectivity index (χ4v) is 2.61. The lowest BCUT2D eigenvalue weighted by atomic mass is 9.81. The van der Waals surface area contributed by atoms with Crippen molar-refractivity contribution in [1.29, 1.82) is 0 Å². The SMILES string of the molecule is Cn1ncc(Cl)c1C(C)(CN)C1CC1. The Bertz CT molecular complexity index is 324.